The van der Waals surface area contributed by atoms with Gasteiger partial charge in [-0.25, -0.2) is 0 Å². The molecule has 1 aliphatic carbocycles. The summed E-state index contributed by atoms with van der Waals surface area (Å²) < 4.78 is 0.813. The molecule has 0 bridgehead atoms. The number of rotatable bonds is 3. The lowest BCUT2D eigenvalue weighted by Gasteiger charge is -2.44. The monoisotopic (exact) mass is 555 g/mol. The second kappa shape index (κ2) is 8.45. The summed E-state index contributed by atoms with van der Waals surface area (Å²) in [5, 5.41) is 21.0. The Hall–Kier alpha value is -4.12. The highest BCUT2D eigenvalue weighted by atomic mass is 79.9. The van der Waals surface area contributed by atoms with Crippen molar-refractivity contribution in [1.82, 2.24) is 0 Å². The van der Waals surface area contributed by atoms with E-state index in [1.165, 1.54) is 0 Å². The number of benzene rings is 6. The van der Waals surface area contributed by atoms with Gasteiger partial charge in [0, 0.05) is 10.0 Å². The average molecular weight is 556 g/mol. The minimum absolute atomic E-state index is 0.633. The third kappa shape index (κ3) is 3.11. The summed E-state index contributed by atoms with van der Waals surface area (Å²) in [6, 6.07) is 41.7. The molecular weight excluding hydrogens is 534 g/mol. The first kappa shape index (κ1) is 23.0. The van der Waals surface area contributed by atoms with Crippen LogP contribution in [0.25, 0.3) is 21.5 Å². The van der Waals surface area contributed by atoms with Gasteiger partial charge in [0.15, 0.2) is 5.54 Å². The van der Waals surface area contributed by atoms with Crippen LogP contribution in [-0.4, -0.2) is 5.11 Å². The first-order valence-corrected chi connectivity index (χ1v) is 13.3. The number of hydrogen-bond acceptors (Lipinski definition) is 3. The fraction of sp³-hybridized carbons (Fsp3) is 0.0588. The first-order chi connectivity index (χ1) is 18.6. The Morgan fingerprint density at radius 1 is 0.526 bits per heavy atom. The van der Waals surface area contributed by atoms with Crippen LogP contribution in [0.1, 0.15) is 33.4 Å². The molecule has 2 unspecified atom stereocenters. The second-order valence-corrected chi connectivity index (χ2v) is 10.8. The maximum Gasteiger partial charge on any atom is 0.178 e. The number of nitrogens with zero attached hydrogens (tertiary/aromatic N) is 1. The quantitative estimate of drug-likeness (QED) is 0.223. The van der Waals surface area contributed by atoms with Crippen LogP contribution in [0.3, 0.4) is 0 Å². The average Bonchev–Trinajstić information content (AvgIpc) is 2.97. The zero-order chi connectivity index (χ0) is 25.9. The SMILES string of the molecule is O=NC1(c2ccc3ccccc3c2)c2ccccc2C(O)(c2ccc3ccccc3c2)c2cc(Br)ccc21. The van der Waals surface area contributed by atoms with Crippen molar-refractivity contribution in [3.05, 3.63) is 170 Å². The van der Waals surface area contributed by atoms with Gasteiger partial charge in [0.2, 0.25) is 0 Å². The summed E-state index contributed by atoms with van der Waals surface area (Å²) in [6.07, 6.45) is 0. The highest BCUT2D eigenvalue weighted by Gasteiger charge is 2.53. The number of fused-ring (bicyclic) bond motifs is 4. The number of nitroso groups, excluding NO2 is 1. The molecule has 1 aliphatic rings. The van der Waals surface area contributed by atoms with E-state index in [9.17, 15) is 10.0 Å². The second-order valence-electron chi connectivity index (χ2n) is 9.87. The molecule has 0 spiro atoms. The maximum absolute atomic E-state index is 13.2. The molecule has 38 heavy (non-hydrogen) atoms. The van der Waals surface area contributed by atoms with Crippen molar-refractivity contribution in [2.24, 2.45) is 5.18 Å². The van der Waals surface area contributed by atoms with Gasteiger partial charge < -0.3 is 5.11 Å². The Morgan fingerprint density at radius 2 is 1.05 bits per heavy atom. The normalized spacial score (nSPS) is 20.2. The molecule has 182 valence electrons. The predicted molar refractivity (Wildman–Crippen MR) is 156 cm³/mol. The van der Waals surface area contributed by atoms with Gasteiger partial charge in [-0.05, 0) is 78.8 Å². The van der Waals surface area contributed by atoms with Crippen LogP contribution in [-0.2, 0) is 11.1 Å². The number of halogens is 1. The third-order valence-corrected chi connectivity index (χ3v) is 8.43. The van der Waals surface area contributed by atoms with E-state index >= 15 is 0 Å². The van der Waals surface area contributed by atoms with E-state index < -0.39 is 11.1 Å². The van der Waals surface area contributed by atoms with E-state index in [0.29, 0.717) is 22.3 Å². The summed E-state index contributed by atoms with van der Waals surface area (Å²) in [6.45, 7) is 0. The van der Waals surface area contributed by atoms with Crippen LogP contribution in [0.5, 0.6) is 0 Å². The van der Waals surface area contributed by atoms with Gasteiger partial charge in [0.05, 0.1) is 0 Å². The first-order valence-electron chi connectivity index (χ1n) is 12.5. The summed E-state index contributed by atoms with van der Waals surface area (Å²) in [7, 11) is 0. The number of hydrogen-bond donors (Lipinski definition) is 1. The lowest BCUT2D eigenvalue weighted by molar-refractivity contribution is 0.117. The molecule has 0 saturated heterocycles. The van der Waals surface area contributed by atoms with Crippen molar-refractivity contribution in [2.45, 2.75) is 11.1 Å². The maximum atomic E-state index is 13.2. The zero-order valence-corrected chi connectivity index (χ0v) is 21.9. The Balaban J connectivity index is 1.59. The summed E-state index contributed by atoms with van der Waals surface area (Å²) in [5.74, 6) is 0. The molecule has 7 rings (SSSR count). The van der Waals surface area contributed by atoms with Crippen LogP contribution in [0.4, 0.5) is 0 Å². The van der Waals surface area contributed by atoms with Crippen LogP contribution >= 0.6 is 15.9 Å². The van der Waals surface area contributed by atoms with E-state index in [0.717, 1.165) is 37.1 Å². The van der Waals surface area contributed by atoms with E-state index in [4.69, 9.17) is 0 Å². The van der Waals surface area contributed by atoms with Gasteiger partial charge in [-0.2, -0.15) is 0 Å². The van der Waals surface area contributed by atoms with Crippen molar-refractivity contribution in [1.29, 1.82) is 0 Å². The van der Waals surface area contributed by atoms with Crippen molar-refractivity contribution in [3.63, 3.8) is 0 Å². The molecule has 2 atom stereocenters. The molecule has 0 saturated carbocycles. The van der Waals surface area contributed by atoms with Crippen molar-refractivity contribution in [3.8, 4) is 0 Å². The fourth-order valence-corrected chi connectivity index (χ4v) is 6.50. The standard InChI is InChI=1S/C34H22BrNO2/c35-28-17-18-30-32(21-28)34(37,27-16-14-23-8-2-4-10-25(23)20-27)31-12-6-5-11-29(31)33(30,36-38)26-15-13-22-7-1-3-9-24(22)19-26/h1-21,37H. The minimum atomic E-state index is -1.50. The van der Waals surface area contributed by atoms with E-state index in [2.05, 4.69) is 33.2 Å². The smallest absolute Gasteiger partial charge is 0.178 e. The van der Waals surface area contributed by atoms with Crippen LogP contribution in [0.2, 0.25) is 0 Å². The van der Waals surface area contributed by atoms with Gasteiger partial charge in [0.1, 0.15) is 5.60 Å². The van der Waals surface area contributed by atoms with Crippen LogP contribution < -0.4 is 0 Å². The van der Waals surface area contributed by atoms with Crippen molar-refractivity contribution < 1.29 is 5.11 Å². The van der Waals surface area contributed by atoms with Crippen molar-refractivity contribution in [2.75, 3.05) is 0 Å². The summed E-state index contributed by atoms with van der Waals surface area (Å²) >= 11 is 3.62. The topological polar surface area (TPSA) is 49.7 Å². The molecule has 6 aromatic rings. The predicted octanol–water partition coefficient (Wildman–Crippen LogP) is 8.41. The van der Waals surface area contributed by atoms with Gasteiger partial charge in [-0.3, -0.25) is 0 Å². The van der Waals surface area contributed by atoms with Crippen molar-refractivity contribution >= 4 is 37.5 Å². The van der Waals surface area contributed by atoms with E-state index in [1.807, 2.05) is 115 Å². The van der Waals surface area contributed by atoms with Gasteiger partial charge >= 0.3 is 0 Å². The Kier molecular flexibility index (Phi) is 5.12. The molecule has 0 aliphatic heterocycles. The molecule has 4 heteroatoms. The van der Waals surface area contributed by atoms with Crippen LogP contribution in [0, 0.1) is 4.91 Å². The largest absolute Gasteiger partial charge is 0.376 e. The molecule has 0 radical (unpaired) electrons. The molecule has 0 aromatic heterocycles. The summed E-state index contributed by atoms with van der Waals surface area (Å²) in [4.78, 5) is 13.2. The lowest BCUT2D eigenvalue weighted by Crippen LogP contribution is -2.43. The molecular formula is C34H22BrNO2. The Morgan fingerprint density at radius 3 is 1.71 bits per heavy atom. The van der Waals surface area contributed by atoms with E-state index in [1.54, 1.807) is 0 Å². The van der Waals surface area contributed by atoms with Crippen LogP contribution in [0.15, 0.2) is 137 Å². The fourth-order valence-electron chi connectivity index (χ4n) is 6.14. The molecule has 0 heterocycles. The summed E-state index contributed by atoms with van der Waals surface area (Å²) in [5.41, 5.74) is 1.30. The van der Waals surface area contributed by atoms with Gasteiger partial charge in [-0.15, -0.1) is 4.91 Å². The Bertz CT molecular complexity index is 1900. The van der Waals surface area contributed by atoms with Gasteiger partial charge in [0.25, 0.3) is 0 Å². The van der Waals surface area contributed by atoms with E-state index in [-0.39, 0.29) is 0 Å². The highest BCUT2D eigenvalue weighted by Crippen LogP contribution is 2.55. The highest BCUT2D eigenvalue weighted by molar-refractivity contribution is 9.10. The third-order valence-electron chi connectivity index (χ3n) is 7.94. The van der Waals surface area contributed by atoms with Gasteiger partial charge in [-0.1, -0.05) is 119 Å². The molecule has 0 fully saturated rings. The minimum Gasteiger partial charge on any atom is -0.376 e. The lowest BCUT2D eigenvalue weighted by atomic mass is 9.62. The molecule has 6 aromatic carbocycles. The zero-order valence-electron chi connectivity index (χ0n) is 20.3. The molecule has 3 nitrogen and oxygen atoms in total. The molecule has 0 amide bonds. The molecule has 1 N–H and O–H groups in total. The Labute approximate surface area is 228 Å². The number of aliphatic hydroxyl groups is 1.